The second kappa shape index (κ2) is 9.34. The van der Waals surface area contributed by atoms with Gasteiger partial charge in [0.15, 0.2) is 5.96 Å². The summed E-state index contributed by atoms with van der Waals surface area (Å²) < 4.78 is 0. The summed E-state index contributed by atoms with van der Waals surface area (Å²) in [5, 5.41) is 4.37. The quantitative estimate of drug-likeness (QED) is 0.391. The number of thiazole rings is 1. The van der Waals surface area contributed by atoms with Gasteiger partial charge in [-0.05, 0) is 32.6 Å². The van der Waals surface area contributed by atoms with Crippen LogP contribution < -0.4 is 5.32 Å². The van der Waals surface area contributed by atoms with E-state index < -0.39 is 0 Å². The van der Waals surface area contributed by atoms with Crippen molar-refractivity contribution in [2.45, 2.75) is 59.0 Å². The zero-order valence-corrected chi connectivity index (χ0v) is 19.3. The van der Waals surface area contributed by atoms with Crippen LogP contribution in [-0.2, 0) is 11.3 Å². The molecule has 0 bridgehead atoms. The fourth-order valence-corrected chi connectivity index (χ4v) is 4.29. The van der Waals surface area contributed by atoms with Crippen molar-refractivity contribution in [1.82, 2.24) is 20.1 Å². The van der Waals surface area contributed by atoms with E-state index in [0.717, 1.165) is 30.6 Å². The van der Waals surface area contributed by atoms with E-state index in [0.29, 0.717) is 25.0 Å². The molecule has 1 N–H and O–H groups in total. The lowest BCUT2D eigenvalue weighted by atomic mass is 10.1. The van der Waals surface area contributed by atoms with Gasteiger partial charge in [-0.15, -0.1) is 35.3 Å². The van der Waals surface area contributed by atoms with Gasteiger partial charge < -0.3 is 15.1 Å². The van der Waals surface area contributed by atoms with Gasteiger partial charge in [0.25, 0.3) is 0 Å². The third-order valence-corrected chi connectivity index (χ3v) is 5.64. The maximum Gasteiger partial charge on any atom is 0.242 e. The van der Waals surface area contributed by atoms with Gasteiger partial charge in [-0.25, -0.2) is 9.98 Å². The smallest absolute Gasteiger partial charge is 0.242 e. The average molecular weight is 491 g/mol. The Morgan fingerprint density at radius 3 is 2.65 bits per heavy atom. The van der Waals surface area contributed by atoms with Crippen molar-refractivity contribution in [3.63, 3.8) is 0 Å². The van der Waals surface area contributed by atoms with Crippen LogP contribution in [0.1, 0.15) is 55.1 Å². The van der Waals surface area contributed by atoms with E-state index in [9.17, 15) is 4.79 Å². The van der Waals surface area contributed by atoms with Gasteiger partial charge in [0.2, 0.25) is 5.91 Å². The average Bonchev–Trinajstić information content (AvgIpc) is 3.33. The molecule has 0 unspecified atom stereocenters. The number of carbonyl (C=O) groups is 1. The van der Waals surface area contributed by atoms with Crippen molar-refractivity contribution in [1.29, 1.82) is 0 Å². The largest absolute Gasteiger partial charge is 0.356 e. The number of hydrogen-bond acceptors (Lipinski definition) is 4. The van der Waals surface area contributed by atoms with Crippen LogP contribution in [0.15, 0.2) is 4.99 Å². The highest BCUT2D eigenvalue weighted by Crippen LogP contribution is 2.28. The number of carbonyl (C=O) groups excluding carboxylic acids is 1. The first kappa shape index (κ1) is 21.4. The molecule has 3 rings (SSSR count). The maximum atomic E-state index is 12.4. The van der Waals surface area contributed by atoms with Gasteiger partial charge >= 0.3 is 0 Å². The van der Waals surface area contributed by atoms with E-state index in [-0.39, 0.29) is 29.9 Å². The highest BCUT2D eigenvalue weighted by atomic mass is 127. The van der Waals surface area contributed by atoms with Crippen LogP contribution in [0.5, 0.6) is 0 Å². The van der Waals surface area contributed by atoms with Crippen molar-refractivity contribution in [2.24, 2.45) is 4.99 Å². The molecule has 2 heterocycles. The Bertz CT molecular complexity index is 656. The molecule has 1 aliphatic carbocycles. The molecule has 2 aliphatic rings. The lowest BCUT2D eigenvalue weighted by molar-refractivity contribution is -0.135. The van der Waals surface area contributed by atoms with Gasteiger partial charge in [-0.2, -0.15) is 0 Å². The highest BCUT2D eigenvalue weighted by Gasteiger charge is 2.36. The van der Waals surface area contributed by atoms with E-state index in [2.05, 4.69) is 37.9 Å². The van der Waals surface area contributed by atoms with Gasteiger partial charge in [0.1, 0.15) is 5.01 Å². The standard InChI is InChI=1S/C18H29N5OS.HI/c1-5-19-18(20-10-15-21-17(12(2)3)13(4)25-15)22-8-9-23(14-6-7-14)16(24)11-22;/h12,14H,5-11H2,1-4H3,(H,19,20);1H. The summed E-state index contributed by atoms with van der Waals surface area (Å²) in [6.07, 6.45) is 2.34. The Morgan fingerprint density at radius 2 is 2.12 bits per heavy atom. The zero-order valence-electron chi connectivity index (χ0n) is 16.1. The molecule has 1 aromatic rings. The molecule has 146 valence electrons. The number of aryl methyl sites for hydroxylation is 1. The van der Waals surface area contributed by atoms with E-state index in [1.54, 1.807) is 11.3 Å². The molecule has 8 heteroatoms. The van der Waals surface area contributed by atoms with Crippen LogP contribution >= 0.6 is 35.3 Å². The van der Waals surface area contributed by atoms with Crippen molar-refractivity contribution < 1.29 is 4.79 Å². The number of amides is 1. The number of aromatic nitrogens is 1. The second-order valence-corrected chi connectivity index (χ2v) is 8.40. The molecule has 1 amide bonds. The lowest BCUT2D eigenvalue weighted by Gasteiger charge is -2.36. The summed E-state index contributed by atoms with van der Waals surface area (Å²) in [5.74, 6) is 1.49. The van der Waals surface area contributed by atoms with Crippen LogP contribution in [0.25, 0.3) is 0 Å². The predicted molar refractivity (Wildman–Crippen MR) is 117 cm³/mol. The molecule has 26 heavy (non-hydrogen) atoms. The lowest BCUT2D eigenvalue weighted by Crippen LogP contribution is -2.55. The molecule has 0 radical (unpaired) electrons. The number of hydrogen-bond donors (Lipinski definition) is 1. The summed E-state index contributed by atoms with van der Waals surface area (Å²) in [6.45, 7) is 12.0. The zero-order chi connectivity index (χ0) is 18.0. The molecular weight excluding hydrogens is 461 g/mol. The number of nitrogens with zero attached hydrogens (tertiary/aromatic N) is 4. The minimum atomic E-state index is 0. The number of nitrogens with one attached hydrogen (secondary N) is 1. The van der Waals surface area contributed by atoms with Crippen LogP contribution in [0.3, 0.4) is 0 Å². The Kier molecular flexibility index (Phi) is 7.69. The number of halogens is 1. The van der Waals surface area contributed by atoms with Crippen molar-refractivity contribution >= 4 is 47.2 Å². The van der Waals surface area contributed by atoms with Gasteiger partial charge in [-0.1, -0.05) is 13.8 Å². The Labute approximate surface area is 177 Å². The molecule has 2 fully saturated rings. The Balaban J connectivity index is 0.00000243. The summed E-state index contributed by atoms with van der Waals surface area (Å²) in [6, 6.07) is 0.502. The summed E-state index contributed by atoms with van der Waals surface area (Å²) in [4.78, 5) is 27.3. The Morgan fingerprint density at radius 1 is 1.38 bits per heavy atom. The molecular formula is C18H30IN5OS. The molecule has 0 spiro atoms. The van der Waals surface area contributed by atoms with Crippen molar-refractivity contribution in [3.05, 3.63) is 15.6 Å². The number of rotatable bonds is 5. The minimum Gasteiger partial charge on any atom is -0.356 e. The Hall–Kier alpha value is -0.900. The van der Waals surface area contributed by atoms with Gasteiger partial charge in [0, 0.05) is 30.6 Å². The van der Waals surface area contributed by atoms with Crippen LogP contribution in [0, 0.1) is 6.92 Å². The first-order valence-corrected chi connectivity index (χ1v) is 10.1. The van der Waals surface area contributed by atoms with E-state index in [1.807, 2.05) is 4.90 Å². The van der Waals surface area contributed by atoms with Crippen molar-refractivity contribution in [2.75, 3.05) is 26.2 Å². The number of aliphatic imine (C=N–C) groups is 1. The third-order valence-electron chi connectivity index (χ3n) is 4.67. The summed E-state index contributed by atoms with van der Waals surface area (Å²) in [5.41, 5.74) is 1.17. The first-order chi connectivity index (χ1) is 12.0. The summed E-state index contributed by atoms with van der Waals surface area (Å²) >= 11 is 1.72. The first-order valence-electron chi connectivity index (χ1n) is 9.28. The molecule has 6 nitrogen and oxygen atoms in total. The minimum absolute atomic E-state index is 0. The fraction of sp³-hybridized carbons (Fsp3) is 0.722. The number of piperazine rings is 1. The normalized spacial score (nSPS) is 18.3. The number of guanidine groups is 1. The van der Waals surface area contributed by atoms with E-state index in [1.165, 1.54) is 23.4 Å². The molecule has 0 atom stereocenters. The third kappa shape index (κ3) is 5.09. The second-order valence-electron chi connectivity index (χ2n) is 7.11. The predicted octanol–water partition coefficient (Wildman–Crippen LogP) is 2.97. The monoisotopic (exact) mass is 491 g/mol. The van der Waals surface area contributed by atoms with Gasteiger partial charge in [0.05, 0.1) is 18.8 Å². The summed E-state index contributed by atoms with van der Waals surface area (Å²) in [7, 11) is 0. The maximum absolute atomic E-state index is 12.4. The molecule has 1 saturated carbocycles. The molecule has 1 saturated heterocycles. The van der Waals surface area contributed by atoms with E-state index in [4.69, 9.17) is 9.98 Å². The molecule has 1 aliphatic heterocycles. The van der Waals surface area contributed by atoms with E-state index >= 15 is 0 Å². The highest BCUT2D eigenvalue weighted by molar-refractivity contribution is 14.0. The fourth-order valence-electron chi connectivity index (χ4n) is 3.28. The topological polar surface area (TPSA) is 60.8 Å². The van der Waals surface area contributed by atoms with Crippen LogP contribution in [0.4, 0.5) is 0 Å². The SMILES string of the molecule is CCNC(=NCc1nc(C(C)C)c(C)s1)N1CCN(C2CC2)C(=O)C1.I. The molecule has 0 aromatic carbocycles. The van der Waals surface area contributed by atoms with Crippen molar-refractivity contribution in [3.8, 4) is 0 Å². The molecule has 1 aromatic heterocycles. The van der Waals surface area contributed by atoms with Crippen LogP contribution in [-0.4, -0.2) is 58.9 Å². The van der Waals surface area contributed by atoms with Gasteiger partial charge in [-0.3, -0.25) is 4.79 Å². The van der Waals surface area contributed by atoms with Crippen LogP contribution in [0.2, 0.25) is 0 Å².